The van der Waals surface area contributed by atoms with Gasteiger partial charge < -0.3 is 4.74 Å². The summed E-state index contributed by atoms with van der Waals surface area (Å²) >= 11 is 12.2. The van der Waals surface area contributed by atoms with Crippen LogP contribution in [0.2, 0.25) is 10.0 Å². The average molecular weight is 398 g/mol. The van der Waals surface area contributed by atoms with Gasteiger partial charge in [0.05, 0.1) is 5.56 Å². The number of pyridine rings is 1. The highest BCUT2D eigenvalue weighted by atomic mass is 35.5. The molecule has 1 heterocycles. The first-order valence-corrected chi connectivity index (χ1v) is 8.29. The monoisotopic (exact) mass is 397 g/mol. The maximum absolute atomic E-state index is 13.0. The summed E-state index contributed by atoms with van der Waals surface area (Å²) in [5.41, 5.74) is 0.428. The van der Waals surface area contributed by atoms with E-state index < -0.39 is 17.8 Å². The van der Waals surface area contributed by atoms with Crippen molar-refractivity contribution in [1.82, 2.24) is 4.98 Å². The molecule has 0 spiro atoms. The normalized spacial score (nSPS) is 12.7. The lowest BCUT2D eigenvalue weighted by Gasteiger charge is -2.21. The van der Waals surface area contributed by atoms with Crippen molar-refractivity contribution in [3.05, 3.63) is 93.7 Å². The number of aromatic nitrogens is 1. The first-order chi connectivity index (χ1) is 12.3. The number of hydrogen-bond acceptors (Lipinski definition) is 2. The minimum atomic E-state index is -4.46. The third-order valence-electron chi connectivity index (χ3n) is 3.65. The molecule has 26 heavy (non-hydrogen) atoms. The van der Waals surface area contributed by atoms with Gasteiger partial charge in [0.2, 0.25) is 0 Å². The number of benzene rings is 2. The molecule has 0 saturated carbocycles. The lowest BCUT2D eigenvalue weighted by atomic mass is 10.0. The highest BCUT2D eigenvalue weighted by Gasteiger charge is 2.31. The van der Waals surface area contributed by atoms with Crippen LogP contribution in [0.1, 0.15) is 22.8 Å². The molecular formula is C19H12Cl2F3NO. The van der Waals surface area contributed by atoms with Gasteiger partial charge in [-0.1, -0.05) is 41.4 Å². The van der Waals surface area contributed by atoms with Gasteiger partial charge in [-0.05, 0) is 36.4 Å². The SMILES string of the molecule is FC(F)(F)c1cccc(OC(c2cccnc2)c2ccc(Cl)cc2Cl)c1. The first-order valence-electron chi connectivity index (χ1n) is 7.53. The summed E-state index contributed by atoms with van der Waals surface area (Å²) in [5.74, 6) is 0.0692. The van der Waals surface area contributed by atoms with Crippen LogP contribution in [0.5, 0.6) is 5.75 Å². The molecule has 0 amide bonds. The largest absolute Gasteiger partial charge is 0.481 e. The van der Waals surface area contributed by atoms with Crippen LogP contribution in [-0.2, 0) is 6.18 Å². The molecule has 0 radical (unpaired) electrons. The maximum atomic E-state index is 13.0. The summed E-state index contributed by atoms with van der Waals surface area (Å²) in [6, 6.07) is 13.0. The van der Waals surface area contributed by atoms with E-state index in [1.165, 1.54) is 12.1 Å². The van der Waals surface area contributed by atoms with Crippen molar-refractivity contribution in [2.24, 2.45) is 0 Å². The second kappa shape index (κ2) is 7.56. The predicted octanol–water partition coefficient (Wildman–Crippen LogP) is 6.58. The van der Waals surface area contributed by atoms with Crippen molar-refractivity contribution in [2.45, 2.75) is 12.3 Å². The average Bonchev–Trinajstić information content (AvgIpc) is 2.60. The number of alkyl halides is 3. The summed E-state index contributed by atoms with van der Waals surface area (Å²) in [7, 11) is 0. The summed E-state index contributed by atoms with van der Waals surface area (Å²) in [6.45, 7) is 0. The molecule has 0 N–H and O–H groups in total. The lowest BCUT2D eigenvalue weighted by Crippen LogP contribution is -2.11. The van der Waals surface area contributed by atoms with Gasteiger partial charge in [-0.15, -0.1) is 0 Å². The minimum Gasteiger partial charge on any atom is -0.481 e. The van der Waals surface area contributed by atoms with Crippen LogP contribution in [0.4, 0.5) is 13.2 Å². The lowest BCUT2D eigenvalue weighted by molar-refractivity contribution is -0.137. The van der Waals surface area contributed by atoms with Gasteiger partial charge in [0.25, 0.3) is 0 Å². The Hall–Kier alpha value is -2.24. The smallest absolute Gasteiger partial charge is 0.416 e. The van der Waals surface area contributed by atoms with E-state index in [1.807, 2.05) is 0 Å². The van der Waals surface area contributed by atoms with E-state index in [9.17, 15) is 13.2 Å². The molecule has 0 saturated heterocycles. The van der Waals surface area contributed by atoms with E-state index in [2.05, 4.69) is 4.98 Å². The number of halogens is 5. The minimum absolute atomic E-state index is 0.0692. The molecule has 0 aliphatic rings. The molecule has 3 aromatic rings. The van der Waals surface area contributed by atoms with Crippen molar-refractivity contribution >= 4 is 23.2 Å². The summed E-state index contributed by atoms with van der Waals surface area (Å²) in [4.78, 5) is 4.05. The Labute approximate surface area is 158 Å². The Balaban J connectivity index is 2.02. The predicted molar refractivity (Wildman–Crippen MR) is 94.6 cm³/mol. The van der Waals surface area contributed by atoms with Gasteiger partial charge in [0.15, 0.2) is 6.10 Å². The van der Waals surface area contributed by atoms with E-state index in [0.717, 1.165) is 12.1 Å². The molecule has 0 bridgehead atoms. The first kappa shape index (κ1) is 18.5. The number of hydrogen-bond donors (Lipinski definition) is 0. The van der Waals surface area contributed by atoms with E-state index in [4.69, 9.17) is 27.9 Å². The fourth-order valence-electron chi connectivity index (χ4n) is 2.44. The van der Waals surface area contributed by atoms with Gasteiger partial charge in [-0.2, -0.15) is 13.2 Å². The van der Waals surface area contributed by atoms with Crippen molar-refractivity contribution in [1.29, 1.82) is 0 Å². The molecule has 3 rings (SSSR count). The number of nitrogens with zero attached hydrogens (tertiary/aromatic N) is 1. The molecule has 2 aromatic carbocycles. The van der Waals surface area contributed by atoms with Crippen LogP contribution in [0.3, 0.4) is 0 Å². The van der Waals surface area contributed by atoms with Gasteiger partial charge in [-0.3, -0.25) is 4.98 Å². The Morgan fingerprint density at radius 2 is 1.77 bits per heavy atom. The molecular weight excluding hydrogens is 386 g/mol. The fraction of sp³-hybridized carbons (Fsp3) is 0.105. The standard InChI is InChI=1S/C19H12Cl2F3NO/c20-14-6-7-16(17(21)10-14)18(12-3-2-8-25-11-12)26-15-5-1-4-13(9-15)19(22,23)24/h1-11,18H. The molecule has 1 aromatic heterocycles. The molecule has 2 nitrogen and oxygen atoms in total. The molecule has 134 valence electrons. The molecule has 0 aliphatic heterocycles. The van der Waals surface area contributed by atoms with Crippen molar-refractivity contribution in [2.75, 3.05) is 0 Å². The van der Waals surface area contributed by atoms with E-state index in [0.29, 0.717) is 21.2 Å². The van der Waals surface area contributed by atoms with E-state index >= 15 is 0 Å². The highest BCUT2D eigenvalue weighted by Crippen LogP contribution is 2.36. The van der Waals surface area contributed by atoms with Crippen LogP contribution >= 0.6 is 23.2 Å². The second-order valence-corrected chi connectivity index (χ2v) is 6.32. The third kappa shape index (κ3) is 4.29. The number of ether oxygens (including phenoxy) is 1. The molecule has 7 heteroatoms. The summed E-state index contributed by atoms with van der Waals surface area (Å²) < 4.78 is 44.8. The Morgan fingerprint density at radius 3 is 2.42 bits per heavy atom. The number of rotatable bonds is 4. The maximum Gasteiger partial charge on any atom is 0.416 e. The van der Waals surface area contributed by atoms with Crippen LogP contribution in [0.25, 0.3) is 0 Å². The van der Waals surface area contributed by atoms with Crippen LogP contribution < -0.4 is 4.74 Å². The zero-order valence-electron chi connectivity index (χ0n) is 13.2. The van der Waals surface area contributed by atoms with Crippen molar-refractivity contribution in [3.8, 4) is 5.75 Å². The molecule has 1 atom stereocenters. The highest BCUT2D eigenvalue weighted by molar-refractivity contribution is 6.35. The van der Waals surface area contributed by atoms with E-state index in [-0.39, 0.29) is 5.75 Å². The Kier molecular flexibility index (Phi) is 5.39. The fourth-order valence-corrected chi connectivity index (χ4v) is 2.95. The molecule has 0 fully saturated rings. The van der Waals surface area contributed by atoms with Gasteiger partial charge in [0.1, 0.15) is 5.75 Å². The Bertz CT molecular complexity index is 901. The zero-order valence-corrected chi connectivity index (χ0v) is 14.7. The molecule has 0 aliphatic carbocycles. The zero-order chi connectivity index (χ0) is 18.7. The Morgan fingerprint density at radius 1 is 0.962 bits per heavy atom. The van der Waals surface area contributed by atoms with Gasteiger partial charge in [0, 0.05) is 33.6 Å². The van der Waals surface area contributed by atoms with Crippen LogP contribution in [0.15, 0.2) is 67.0 Å². The second-order valence-electron chi connectivity index (χ2n) is 5.48. The van der Waals surface area contributed by atoms with Crippen molar-refractivity contribution < 1.29 is 17.9 Å². The van der Waals surface area contributed by atoms with E-state index in [1.54, 1.807) is 42.7 Å². The quantitative estimate of drug-likeness (QED) is 0.496. The van der Waals surface area contributed by atoms with Crippen molar-refractivity contribution in [3.63, 3.8) is 0 Å². The van der Waals surface area contributed by atoms with Crippen LogP contribution in [-0.4, -0.2) is 4.98 Å². The third-order valence-corrected chi connectivity index (χ3v) is 4.21. The van der Waals surface area contributed by atoms with Gasteiger partial charge >= 0.3 is 6.18 Å². The van der Waals surface area contributed by atoms with Crippen LogP contribution in [0, 0.1) is 0 Å². The summed E-state index contributed by atoms with van der Waals surface area (Å²) in [6.07, 6.45) is -2.03. The molecule has 1 unspecified atom stereocenters. The topological polar surface area (TPSA) is 22.1 Å². The van der Waals surface area contributed by atoms with Gasteiger partial charge in [-0.25, -0.2) is 0 Å². The summed E-state index contributed by atoms with van der Waals surface area (Å²) in [5, 5.41) is 0.793.